The Bertz CT molecular complexity index is 240. The van der Waals surface area contributed by atoms with E-state index in [1.807, 2.05) is 0 Å². The van der Waals surface area contributed by atoms with Crippen LogP contribution in [0.25, 0.3) is 0 Å². The number of hydrogen-bond acceptors (Lipinski definition) is 3. The molecule has 19 heavy (non-hydrogen) atoms. The molecule has 1 atom stereocenters. The Morgan fingerprint density at radius 1 is 1.11 bits per heavy atom. The van der Waals surface area contributed by atoms with Crippen molar-refractivity contribution in [2.45, 2.75) is 57.5 Å². The molecule has 0 radical (unpaired) electrons. The van der Waals surface area contributed by atoms with Crippen molar-refractivity contribution in [3.05, 3.63) is 0 Å². The van der Waals surface area contributed by atoms with E-state index in [-0.39, 0.29) is 0 Å². The van der Waals surface area contributed by atoms with Crippen LogP contribution < -0.4 is 5.32 Å². The Labute approximate surface area is 119 Å². The molecule has 1 saturated heterocycles. The minimum absolute atomic E-state index is 0.739. The highest BCUT2D eigenvalue weighted by Gasteiger charge is 2.28. The van der Waals surface area contributed by atoms with Gasteiger partial charge >= 0.3 is 0 Å². The van der Waals surface area contributed by atoms with E-state index < -0.39 is 0 Å². The minimum Gasteiger partial charge on any atom is -0.313 e. The van der Waals surface area contributed by atoms with E-state index in [9.17, 15) is 0 Å². The molecule has 1 saturated carbocycles. The summed E-state index contributed by atoms with van der Waals surface area (Å²) >= 11 is 0. The average Bonchev–Trinajstić information content (AvgIpc) is 2.92. The summed E-state index contributed by atoms with van der Waals surface area (Å²) in [4.78, 5) is 5.10. The highest BCUT2D eigenvalue weighted by atomic mass is 15.2. The molecule has 0 amide bonds. The van der Waals surface area contributed by atoms with Crippen LogP contribution in [0.2, 0.25) is 0 Å². The lowest BCUT2D eigenvalue weighted by atomic mass is 9.96. The molecular weight excluding hydrogens is 234 g/mol. The number of likely N-dealkylation sites (tertiary alicyclic amines) is 1. The van der Waals surface area contributed by atoms with Crippen LogP contribution >= 0.6 is 0 Å². The van der Waals surface area contributed by atoms with E-state index in [4.69, 9.17) is 0 Å². The summed E-state index contributed by atoms with van der Waals surface area (Å²) in [6.07, 6.45) is 8.50. The standard InChI is InChI=1S/C16H33N3/c1-4-17-16(14-7-5-6-8-14)13-19-11-9-15(10-12-19)18(2)3/h14-17H,4-13H2,1-3H3. The largest absolute Gasteiger partial charge is 0.313 e. The maximum Gasteiger partial charge on any atom is 0.0223 e. The topological polar surface area (TPSA) is 18.5 Å². The van der Waals surface area contributed by atoms with Gasteiger partial charge in [0.15, 0.2) is 0 Å². The van der Waals surface area contributed by atoms with Crippen LogP contribution in [0.3, 0.4) is 0 Å². The van der Waals surface area contributed by atoms with Crippen molar-refractivity contribution >= 4 is 0 Å². The first kappa shape index (κ1) is 15.3. The molecule has 112 valence electrons. The van der Waals surface area contributed by atoms with Gasteiger partial charge in [0.2, 0.25) is 0 Å². The Kier molecular flexibility index (Phi) is 6.11. The Morgan fingerprint density at radius 2 is 1.74 bits per heavy atom. The lowest BCUT2D eigenvalue weighted by Crippen LogP contribution is -2.49. The van der Waals surface area contributed by atoms with Crippen LogP contribution in [-0.2, 0) is 0 Å². The molecule has 3 nitrogen and oxygen atoms in total. The predicted octanol–water partition coefficient (Wildman–Crippen LogP) is 2.18. The van der Waals surface area contributed by atoms with E-state index >= 15 is 0 Å². The maximum atomic E-state index is 3.75. The van der Waals surface area contributed by atoms with E-state index in [2.05, 4.69) is 36.1 Å². The highest BCUT2D eigenvalue weighted by Crippen LogP contribution is 2.28. The summed E-state index contributed by atoms with van der Waals surface area (Å²) in [5.74, 6) is 0.937. The molecular formula is C16H33N3. The number of likely N-dealkylation sites (N-methyl/N-ethyl adjacent to an activating group) is 1. The summed E-state index contributed by atoms with van der Waals surface area (Å²) in [5, 5.41) is 3.75. The lowest BCUT2D eigenvalue weighted by molar-refractivity contribution is 0.126. The van der Waals surface area contributed by atoms with Crippen molar-refractivity contribution in [2.75, 3.05) is 40.3 Å². The first-order valence-corrected chi connectivity index (χ1v) is 8.33. The number of rotatable bonds is 6. The lowest BCUT2D eigenvalue weighted by Gasteiger charge is -2.38. The van der Waals surface area contributed by atoms with Crippen LogP contribution in [0.5, 0.6) is 0 Å². The van der Waals surface area contributed by atoms with Crippen molar-refractivity contribution in [3.63, 3.8) is 0 Å². The van der Waals surface area contributed by atoms with Crippen molar-refractivity contribution in [3.8, 4) is 0 Å². The molecule has 0 spiro atoms. The fourth-order valence-electron chi connectivity index (χ4n) is 3.90. The second-order valence-electron chi connectivity index (χ2n) is 6.70. The molecule has 2 aliphatic rings. The maximum absolute atomic E-state index is 3.75. The minimum atomic E-state index is 0.739. The molecule has 0 aromatic rings. The molecule has 1 unspecified atom stereocenters. The smallest absolute Gasteiger partial charge is 0.0223 e. The van der Waals surface area contributed by atoms with Gasteiger partial charge < -0.3 is 15.1 Å². The van der Waals surface area contributed by atoms with Crippen molar-refractivity contribution in [2.24, 2.45) is 5.92 Å². The zero-order valence-corrected chi connectivity index (χ0v) is 13.2. The summed E-state index contributed by atoms with van der Waals surface area (Å²) < 4.78 is 0. The van der Waals surface area contributed by atoms with Gasteiger partial charge in [-0.1, -0.05) is 19.8 Å². The monoisotopic (exact) mass is 267 g/mol. The number of nitrogens with one attached hydrogen (secondary N) is 1. The second kappa shape index (κ2) is 7.61. The molecule has 3 heteroatoms. The van der Waals surface area contributed by atoms with E-state index in [0.717, 1.165) is 24.5 Å². The molecule has 2 rings (SSSR count). The van der Waals surface area contributed by atoms with Gasteiger partial charge in [-0.2, -0.15) is 0 Å². The Balaban J connectivity index is 1.78. The number of nitrogens with zero attached hydrogens (tertiary/aromatic N) is 2. The van der Waals surface area contributed by atoms with E-state index in [1.165, 1.54) is 58.2 Å². The fraction of sp³-hybridized carbons (Fsp3) is 1.00. The molecule has 0 bridgehead atoms. The third-order valence-corrected chi connectivity index (χ3v) is 5.18. The van der Waals surface area contributed by atoms with Gasteiger partial charge in [0.25, 0.3) is 0 Å². The van der Waals surface area contributed by atoms with Crippen LogP contribution in [0.1, 0.15) is 45.4 Å². The summed E-state index contributed by atoms with van der Waals surface area (Å²) in [6.45, 7) is 7.23. The third-order valence-electron chi connectivity index (χ3n) is 5.18. The van der Waals surface area contributed by atoms with Gasteiger partial charge in [0, 0.05) is 18.6 Å². The van der Waals surface area contributed by atoms with Gasteiger partial charge in [-0.25, -0.2) is 0 Å². The average molecular weight is 267 g/mol. The number of hydrogen-bond donors (Lipinski definition) is 1. The highest BCUT2D eigenvalue weighted by molar-refractivity contribution is 4.85. The molecule has 0 aromatic heterocycles. The van der Waals surface area contributed by atoms with E-state index in [0.29, 0.717) is 0 Å². The van der Waals surface area contributed by atoms with Crippen molar-refractivity contribution in [1.82, 2.24) is 15.1 Å². The Hall–Kier alpha value is -0.120. The quantitative estimate of drug-likeness (QED) is 0.796. The zero-order chi connectivity index (χ0) is 13.7. The SMILES string of the molecule is CCNC(CN1CCC(N(C)C)CC1)C1CCCC1. The van der Waals surface area contributed by atoms with Crippen LogP contribution in [-0.4, -0.2) is 62.2 Å². The normalized spacial score (nSPS) is 25.3. The van der Waals surface area contributed by atoms with Crippen LogP contribution in [0.4, 0.5) is 0 Å². The molecule has 1 aliphatic carbocycles. The van der Waals surface area contributed by atoms with Crippen molar-refractivity contribution in [1.29, 1.82) is 0 Å². The molecule has 2 fully saturated rings. The van der Waals surface area contributed by atoms with Crippen molar-refractivity contribution < 1.29 is 0 Å². The fourth-order valence-corrected chi connectivity index (χ4v) is 3.90. The second-order valence-corrected chi connectivity index (χ2v) is 6.70. The summed E-state index contributed by atoms with van der Waals surface area (Å²) in [7, 11) is 4.45. The molecule has 1 N–H and O–H groups in total. The number of piperidine rings is 1. The zero-order valence-electron chi connectivity index (χ0n) is 13.2. The molecule has 0 aromatic carbocycles. The van der Waals surface area contributed by atoms with Gasteiger partial charge in [0.05, 0.1) is 0 Å². The van der Waals surface area contributed by atoms with Gasteiger partial charge in [-0.3, -0.25) is 0 Å². The third kappa shape index (κ3) is 4.44. The van der Waals surface area contributed by atoms with Crippen LogP contribution in [0.15, 0.2) is 0 Å². The van der Waals surface area contributed by atoms with Gasteiger partial charge in [-0.05, 0) is 65.3 Å². The van der Waals surface area contributed by atoms with Crippen LogP contribution in [0, 0.1) is 5.92 Å². The first-order chi connectivity index (χ1) is 9.20. The molecule has 1 heterocycles. The summed E-state index contributed by atoms with van der Waals surface area (Å²) in [5.41, 5.74) is 0. The predicted molar refractivity (Wildman–Crippen MR) is 82.6 cm³/mol. The molecule has 1 aliphatic heterocycles. The van der Waals surface area contributed by atoms with E-state index in [1.54, 1.807) is 0 Å². The summed E-state index contributed by atoms with van der Waals surface area (Å²) in [6, 6.07) is 1.55. The van der Waals surface area contributed by atoms with Gasteiger partial charge in [0.1, 0.15) is 0 Å². The van der Waals surface area contributed by atoms with Gasteiger partial charge in [-0.15, -0.1) is 0 Å². The first-order valence-electron chi connectivity index (χ1n) is 8.33. The Morgan fingerprint density at radius 3 is 2.26 bits per heavy atom.